The summed E-state index contributed by atoms with van der Waals surface area (Å²) in [5.74, 6) is -1.14. The number of ether oxygens (including phenoxy) is 2. The van der Waals surface area contributed by atoms with E-state index in [2.05, 4.69) is 35.9 Å². The van der Waals surface area contributed by atoms with Gasteiger partial charge >= 0.3 is 17.9 Å². The second kappa shape index (κ2) is 15.0. The smallest absolute Gasteiger partial charge is 0.336 e. The number of carboxylic acids is 3. The summed E-state index contributed by atoms with van der Waals surface area (Å²) in [5, 5.41) is 44.9. The van der Waals surface area contributed by atoms with Crippen LogP contribution in [-0.2, 0) is 26.5 Å². The van der Waals surface area contributed by atoms with Gasteiger partial charge in [0.2, 0.25) is 0 Å². The van der Waals surface area contributed by atoms with Gasteiger partial charge < -0.3 is 35.0 Å². The Hall–Kier alpha value is -4.11. The van der Waals surface area contributed by atoms with Gasteiger partial charge in [0.15, 0.2) is 17.1 Å². The average Bonchev–Trinajstić information content (AvgIpc) is 2.89. The van der Waals surface area contributed by atoms with Crippen molar-refractivity contribution in [3.8, 4) is 23.8 Å². The number of terminal acetylenes is 1. The molecule has 0 bridgehead atoms. The van der Waals surface area contributed by atoms with Crippen LogP contribution in [0.25, 0.3) is 0 Å². The third-order valence-electron chi connectivity index (χ3n) is 6.58. The predicted molar refractivity (Wildman–Crippen MR) is 149 cm³/mol. The molecule has 1 heterocycles. The van der Waals surface area contributed by atoms with Gasteiger partial charge in [0.25, 0.3) is 0 Å². The van der Waals surface area contributed by atoms with Gasteiger partial charge in [-0.3, -0.25) is 14.5 Å². The Morgan fingerprint density at radius 1 is 0.976 bits per heavy atom. The Labute approximate surface area is 238 Å². The van der Waals surface area contributed by atoms with Gasteiger partial charge in [0.1, 0.15) is 6.61 Å². The van der Waals surface area contributed by atoms with Crippen molar-refractivity contribution in [3.63, 3.8) is 0 Å². The number of aliphatic hydroxyl groups is 2. The van der Waals surface area contributed by atoms with E-state index in [1.54, 1.807) is 0 Å². The third-order valence-corrected chi connectivity index (χ3v) is 6.58. The number of hydrogen-bond donors (Lipinski definition) is 5. The highest BCUT2D eigenvalue weighted by molar-refractivity contribution is 5.88. The van der Waals surface area contributed by atoms with Crippen molar-refractivity contribution in [2.24, 2.45) is 0 Å². The third kappa shape index (κ3) is 10.1. The monoisotopic (exact) mass is 571 g/mol. The zero-order valence-electron chi connectivity index (χ0n) is 23.2. The van der Waals surface area contributed by atoms with Crippen LogP contribution in [0.3, 0.4) is 0 Å². The van der Waals surface area contributed by atoms with Crippen molar-refractivity contribution in [2.75, 3.05) is 26.3 Å². The summed E-state index contributed by atoms with van der Waals surface area (Å²) in [6.07, 6.45) is 4.46. The number of benzene rings is 2. The number of hydrogen-bond acceptors (Lipinski definition) is 8. The molecule has 1 aliphatic heterocycles. The summed E-state index contributed by atoms with van der Waals surface area (Å²) in [6, 6.07) is 14.2. The van der Waals surface area contributed by atoms with Gasteiger partial charge in [0.05, 0.1) is 25.0 Å². The van der Waals surface area contributed by atoms with Crippen molar-refractivity contribution in [1.82, 2.24) is 4.90 Å². The minimum absolute atomic E-state index is 0.225. The molecular weight excluding hydrogens is 534 g/mol. The van der Waals surface area contributed by atoms with Crippen molar-refractivity contribution in [2.45, 2.75) is 57.3 Å². The highest BCUT2D eigenvalue weighted by atomic mass is 16.5. The number of piperidine rings is 1. The van der Waals surface area contributed by atoms with Gasteiger partial charge in [-0.1, -0.05) is 41.8 Å². The lowest BCUT2D eigenvalue weighted by molar-refractivity contribution is -0.170. The summed E-state index contributed by atoms with van der Waals surface area (Å²) >= 11 is 0. The van der Waals surface area contributed by atoms with E-state index < -0.39 is 42.0 Å². The van der Waals surface area contributed by atoms with Crippen LogP contribution in [0.15, 0.2) is 42.5 Å². The maximum atomic E-state index is 11.1. The van der Waals surface area contributed by atoms with Crippen molar-refractivity contribution < 1.29 is 49.4 Å². The zero-order valence-corrected chi connectivity index (χ0v) is 23.2. The first-order chi connectivity index (χ1) is 19.3. The quantitative estimate of drug-likeness (QED) is 0.237. The molecule has 0 saturated carbocycles. The van der Waals surface area contributed by atoms with E-state index in [0.29, 0.717) is 12.4 Å². The minimum atomic E-state index is -2.74. The normalized spacial score (nSPS) is 14.6. The first-order valence-corrected chi connectivity index (χ1v) is 13.0. The molecule has 0 amide bonds. The molecule has 222 valence electrons. The number of carbonyl (C=O) groups is 3. The lowest BCUT2D eigenvalue weighted by atomic mass is 9.84. The predicted octanol–water partition coefficient (Wildman–Crippen LogP) is 2.64. The number of rotatable bonds is 12. The molecule has 5 N–H and O–H groups in total. The molecule has 41 heavy (non-hydrogen) atoms. The van der Waals surface area contributed by atoms with E-state index in [0.717, 1.165) is 49.4 Å². The Morgan fingerprint density at radius 3 is 2.05 bits per heavy atom. The number of likely N-dealkylation sites (tertiary alicyclic amines) is 1. The first-order valence-electron chi connectivity index (χ1n) is 13.0. The van der Waals surface area contributed by atoms with Crippen molar-refractivity contribution in [1.29, 1.82) is 0 Å². The summed E-state index contributed by atoms with van der Waals surface area (Å²) in [6.45, 7) is 7.34. The molecule has 2 aromatic rings. The van der Waals surface area contributed by atoms with E-state index in [1.165, 1.54) is 5.56 Å². The highest BCUT2D eigenvalue weighted by Crippen LogP contribution is 2.34. The molecule has 11 heteroatoms. The van der Waals surface area contributed by atoms with Crippen LogP contribution in [0.5, 0.6) is 11.5 Å². The summed E-state index contributed by atoms with van der Waals surface area (Å²) in [5.41, 5.74) is -0.0705. The van der Waals surface area contributed by atoms with E-state index >= 15 is 0 Å². The van der Waals surface area contributed by atoms with Crippen LogP contribution in [0.4, 0.5) is 0 Å². The average molecular weight is 572 g/mol. The maximum Gasteiger partial charge on any atom is 0.336 e. The number of nitrogens with zero attached hydrogens (tertiary/aromatic N) is 1. The van der Waals surface area contributed by atoms with Crippen LogP contribution in [0, 0.1) is 19.3 Å². The Balaban J connectivity index is 0.000000383. The lowest BCUT2D eigenvalue weighted by Crippen LogP contribution is -2.42. The molecule has 11 nitrogen and oxygen atoms in total. The van der Waals surface area contributed by atoms with Gasteiger partial charge in [-0.2, -0.15) is 0 Å². The molecule has 1 aliphatic rings. The fourth-order valence-electron chi connectivity index (χ4n) is 4.36. The number of aryl methyl sites for hydroxylation is 1. The minimum Gasteiger partial charge on any atom is -0.490 e. The van der Waals surface area contributed by atoms with Gasteiger partial charge in [0, 0.05) is 19.6 Å². The molecule has 0 aliphatic carbocycles. The highest BCUT2D eigenvalue weighted by Gasteiger charge is 2.40. The van der Waals surface area contributed by atoms with Gasteiger partial charge in [-0.25, -0.2) is 4.79 Å². The first kappa shape index (κ1) is 33.1. The molecule has 0 unspecified atom stereocenters. The van der Waals surface area contributed by atoms with E-state index in [1.807, 2.05) is 31.2 Å². The second-order valence-corrected chi connectivity index (χ2v) is 9.86. The zero-order chi connectivity index (χ0) is 30.6. The SMILES string of the molecule is C#CCOc1ccc(CN2CCC(O)(c3ccc(C)cc3)CC2)cc1OCC.O=C(O)CC(O)(CC(=O)O)C(=O)O. The molecule has 1 fully saturated rings. The Morgan fingerprint density at radius 2 is 1.56 bits per heavy atom. The van der Waals surface area contributed by atoms with Crippen LogP contribution >= 0.6 is 0 Å². The topological polar surface area (TPSA) is 174 Å². The molecule has 3 rings (SSSR count). The van der Waals surface area contributed by atoms with Crippen molar-refractivity contribution in [3.05, 3.63) is 59.2 Å². The maximum absolute atomic E-state index is 11.1. The molecule has 0 radical (unpaired) electrons. The molecule has 0 atom stereocenters. The Bertz CT molecular complexity index is 1210. The number of aliphatic carboxylic acids is 3. The fraction of sp³-hybridized carbons (Fsp3) is 0.433. The summed E-state index contributed by atoms with van der Waals surface area (Å²) in [7, 11) is 0. The fourth-order valence-corrected chi connectivity index (χ4v) is 4.36. The standard InChI is InChI=1S/C24H29NO3.C6H8O7/c1-4-16-28-22-11-8-20(17-23(22)27-5-2)18-25-14-12-24(26,13-15-25)21-9-6-19(3)7-10-21;7-3(8)1-6(13,5(11)12)2-4(9)10/h1,6-11,17,26H,5,12-16,18H2,2-3H3;13H,1-2H2,(H,7,8)(H,9,10)(H,11,12). The Kier molecular flexibility index (Phi) is 12.1. The van der Waals surface area contributed by atoms with Crippen LogP contribution < -0.4 is 9.47 Å². The molecule has 0 aromatic heterocycles. The molecule has 2 aromatic carbocycles. The number of carboxylic acid groups (broad SMARTS) is 3. The van der Waals surface area contributed by atoms with Gasteiger partial charge in [-0.05, 0) is 49.9 Å². The lowest BCUT2D eigenvalue weighted by Gasteiger charge is -2.38. The van der Waals surface area contributed by atoms with Crippen LogP contribution in [0.2, 0.25) is 0 Å². The molecule has 1 saturated heterocycles. The largest absolute Gasteiger partial charge is 0.490 e. The second-order valence-electron chi connectivity index (χ2n) is 9.86. The summed E-state index contributed by atoms with van der Waals surface area (Å²) < 4.78 is 11.3. The van der Waals surface area contributed by atoms with Crippen LogP contribution in [-0.4, -0.2) is 80.2 Å². The summed E-state index contributed by atoms with van der Waals surface area (Å²) in [4.78, 5) is 32.9. The van der Waals surface area contributed by atoms with Gasteiger partial charge in [-0.15, -0.1) is 6.42 Å². The van der Waals surface area contributed by atoms with E-state index in [4.69, 9.17) is 36.3 Å². The van der Waals surface area contributed by atoms with E-state index in [-0.39, 0.29) is 6.61 Å². The van der Waals surface area contributed by atoms with Crippen LogP contribution in [0.1, 0.15) is 49.3 Å². The van der Waals surface area contributed by atoms with E-state index in [9.17, 15) is 19.5 Å². The van der Waals surface area contributed by atoms with Crippen molar-refractivity contribution >= 4 is 17.9 Å². The molecule has 0 spiro atoms. The molecular formula is C30H37NO10.